The molecule has 2 aliphatic rings. The molecule has 7 nitrogen and oxygen atoms in total. The van der Waals surface area contributed by atoms with Crippen molar-refractivity contribution in [2.24, 2.45) is 11.8 Å². The number of hydrogen-bond acceptors (Lipinski definition) is 5. The fourth-order valence-corrected chi connectivity index (χ4v) is 4.81. The van der Waals surface area contributed by atoms with E-state index >= 15 is 0 Å². The van der Waals surface area contributed by atoms with Gasteiger partial charge in [0.25, 0.3) is 0 Å². The molecule has 3 aromatic rings. The molecule has 7 heteroatoms. The number of fused-ring (bicyclic) bond motifs is 2. The van der Waals surface area contributed by atoms with E-state index in [-0.39, 0.29) is 11.9 Å². The standard InChI is InChI=1S/C20H22N6O/c1-13-8-18(20-22-21-12-26(20)23-13)24-9-16-10-25(14(2)27)19(17(16)11-24)15-6-4-3-5-7-15/h3-8,12,16-17,19H,9-11H2,1-2H3/t16-,17-,19-/m1/s1. The number of carbonyl (C=O) groups is 1. The molecular formula is C20H22N6O. The Hall–Kier alpha value is -2.96. The molecule has 4 heterocycles. The first kappa shape index (κ1) is 16.2. The first-order valence-electron chi connectivity index (χ1n) is 9.36. The summed E-state index contributed by atoms with van der Waals surface area (Å²) in [7, 11) is 0. The van der Waals surface area contributed by atoms with E-state index in [1.807, 2.05) is 17.9 Å². The minimum atomic E-state index is 0.135. The van der Waals surface area contributed by atoms with Gasteiger partial charge in [0.2, 0.25) is 11.6 Å². The number of benzene rings is 1. The monoisotopic (exact) mass is 362 g/mol. The van der Waals surface area contributed by atoms with Crippen molar-refractivity contribution in [2.45, 2.75) is 19.9 Å². The van der Waals surface area contributed by atoms with E-state index in [1.165, 1.54) is 5.56 Å². The van der Waals surface area contributed by atoms with E-state index in [0.717, 1.165) is 36.7 Å². The van der Waals surface area contributed by atoms with Crippen LogP contribution in [0.3, 0.4) is 0 Å². The Labute approximate surface area is 157 Å². The third-order valence-electron chi connectivity index (χ3n) is 5.92. The second kappa shape index (κ2) is 6.04. The molecular weight excluding hydrogens is 340 g/mol. The largest absolute Gasteiger partial charge is 0.368 e. The van der Waals surface area contributed by atoms with Gasteiger partial charge >= 0.3 is 0 Å². The Kier molecular flexibility index (Phi) is 3.63. The third-order valence-corrected chi connectivity index (χ3v) is 5.92. The molecule has 0 spiro atoms. The van der Waals surface area contributed by atoms with Gasteiger partial charge in [0.1, 0.15) is 6.33 Å². The number of amides is 1. The second-order valence-corrected chi connectivity index (χ2v) is 7.63. The van der Waals surface area contributed by atoms with E-state index in [0.29, 0.717) is 11.8 Å². The molecule has 0 unspecified atom stereocenters. The zero-order valence-electron chi connectivity index (χ0n) is 15.5. The maximum Gasteiger partial charge on any atom is 0.219 e. The maximum atomic E-state index is 12.3. The number of carbonyl (C=O) groups excluding carboxylic acids is 1. The lowest BCUT2D eigenvalue weighted by atomic mass is 9.89. The quantitative estimate of drug-likeness (QED) is 0.698. The number of aryl methyl sites for hydroxylation is 1. The van der Waals surface area contributed by atoms with Gasteiger partial charge in [0, 0.05) is 38.4 Å². The van der Waals surface area contributed by atoms with E-state index in [1.54, 1.807) is 17.8 Å². The molecule has 2 aliphatic heterocycles. The maximum absolute atomic E-state index is 12.3. The van der Waals surface area contributed by atoms with Crippen LogP contribution in [0.5, 0.6) is 0 Å². The minimum Gasteiger partial charge on any atom is -0.368 e. The predicted octanol–water partition coefficient (Wildman–Crippen LogP) is 2.09. The van der Waals surface area contributed by atoms with Crippen molar-refractivity contribution < 1.29 is 4.79 Å². The van der Waals surface area contributed by atoms with Crippen molar-refractivity contribution >= 4 is 17.2 Å². The molecule has 0 radical (unpaired) electrons. The molecule has 0 N–H and O–H groups in total. The highest BCUT2D eigenvalue weighted by molar-refractivity contribution is 5.75. The molecule has 138 valence electrons. The van der Waals surface area contributed by atoms with Crippen LogP contribution >= 0.6 is 0 Å². The molecule has 3 atom stereocenters. The van der Waals surface area contributed by atoms with E-state index in [9.17, 15) is 4.79 Å². The van der Waals surface area contributed by atoms with Crippen LogP contribution in [0.25, 0.3) is 5.65 Å². The summed E-state index contributed by atoms with van der Waals surface area (Å²) >= 11 is 0. The van der Waals surface area contributed by atoms with Crippen LogP contribution in [-0.4, -0.2) is 50.3 Å². The van der Waals surface area contributed by atoms with Crippen molar-refractivity contribution in [3.8, 4) is 0 Å². The Morgan fingerprint density at radius 1 is 1.15 bits per heavy atom. The average molecular weight is 362 g/mol. The Balaban J connectivity index is 1.51. The van der Waals surface area contributed by atoms with Crippen LogP contribution in [-0.2, 0) is 4.79 Å². The van der Waals surface area contributed by atoms with E-state index in [4.69, 9.17) is 0 Å². The number of hydrogen-bond donors (Lipinski definition) is 0. The molecule has 2 fully saturated rings. The van der Waals surface area contributed by atoms with Crippen LogP contribution < -0.4 is 4.90 Å². The van der Waals surface area contributed by atoms with Gasteiger partial charge in [0.05, 0.1) is 17.4 Å². The van der Waals surface area contributed by atoms with Gasteiger partial charge in [-0.05, 0) is 18.6 Å². The molecule has 0 bridgehead atoms. The second-order valence-electron chi connectivity index (χ2n) is 7.63. The summed E-state index contributed by atoms with van der Waals surface area (Å²) < 4.78 is 1.75. The van der Waals surface area contributed by atoms with Gasteiger partial charge in [-0.25, -0.2) is 0 Å². The highest BCUT2D eigenvalue weighted by atomic mass is 16.2. The third kappa shape index (κ3) is 2.57. The topological polar surface area (TPSA) is 66.6 Å². The summed E-state index contributed by atoms with van der Waals surface area (Å²) in [6.07, 6.45) is 1.65. The van der Waals surface area contributed by atoms with Crippen LogP contribution in [0, 0.1) is 18.8 Å². The zero-order chi connectivity index (χ0) is 18.5. The number of rotatable bonds is 2. The molecule has 5 rings (SSSR count). The van der Waals surface area contributed by atoms with Gasteiger partial charge in [-0.2, -0.15) is 9.61 Å². The molecule has 1 amide bonds. The van der Waals surface area contributed by atoms with Crippen molar-refractivity contribution in [3.05, 3.63) is 54.0 Å². The van der Waals surface area contributed by atoms with Gasteiger partial charge in [0.15, 0.2) is 0 Å². The van der Waals surface area contributed by atoms with Crippen molar-refractivity contribution in [2.75, 3.05) is 24.5 Å². The normalized spacial score (nSPS) is 24.6. The Morgan fingerprint density at radius 2 is 1.96 bits per heavy atom. The lowest BCUT2D eigenvalue weighted by molar-refractivity contribution is -0.130. The minimum absolute atomic E-state index is 0.135. The molecule has 0 saturated carbocycles. The summed E-state index contributed by atoms with van der Waals surface area (Å²) in [5.74, 6) is 1.02. The first-order valence-corrected chi connectivity index (χ1v) is 9.36. The smallest absolute Gasteiger partial charge is 0.219 e. The summed E-state index contributed by atoms with van der Waals surface area (Å²) in [5, 5.41) is 12.7. The van der Waals surface area contributed by atoms with Crippen LogP contribution in [0.2, 0.25) is 0 Å². The molecule has 1 aromatic carbocycles. The molecule has 27 heavy (non-hydrogen) atoms. The number of aromatic nitrogens is 4. The van der Waals surface area contributed by atoms with E-state index < -0.39 is 0 Å². The summed E-state index contributed by atoms with van der Waals surface area (Å²) in [4.78, 5) is 16.7. The number of nitrogens with zero attached hydrogens (tertiary/aromatic N) is 6. The van der Waals surface area contributed by atoms with Crippen LogP contribution in [0.1, 0.15) is 24.2 Å². The van der Waals surface area contributed by atoms with Crippen molar-refractivity contribution in [3.63, 3.8) is 0 Å². The summed E-state index contributed by atoms with van der Waals surface area (Å²) in [5.41, 5.74) is 4.04. The average Bonchev–Trinajstić information content (AvgIpc) is 3.35. The Morgan fingerprint density at radius 3 is 2.74 bits per heavy atom. The van der Waals surface area contributed by atoms with Gasteiger partial charge in [-0.1, -0.05) is 30.3 Å². The summed E-state index contributed by atoms with van der Waals surface area (Å²) in [6.45, 7) is 6.30. The van der Waals surface area contributed by atoms with Crippen LogP contribution in [0.4, 0.5) is 5.69 Å². The lowest BCUT2D eigenvalue weighted by Crippen LogP contribution is -2.34. The van der Waals surface area contributed by atoms with Crippen LogP contribution in [0.15, 0.2) is 42.7 Å². The number of likely N-dealkylation sites (tertiary alicyclic amines) is 1. The first-order chi connectivity index (χ1) is 13.1. The molecule has 2 saturated heterocycles. The number of anilines is 1. The highest BCUT2D eigenvalue weighted by Crippen LogP contribution is 2.46. The molecule has 0 aliphatic carbocycles. The van der Waals surface area contributed by atoms with Gasteiger partial charge in [-0.15, -0.1) is 10.2 Å². The lowest BCUT2D eigenvalue weighted by Gasteiger charge is -2.29. The summed E-state index contributed by atoms with van der Waals surface area (Å²) in [6, 6.07) is 12.6. The van der Waals surface area contributed by atoms with E-state index in [2.05, 4.69) is 50.5 Å². The van der Waals surface area contributed by atoms with Crippen molar-refractivity contribution in [1.29, 1.82) is 0 Å². The zero-order valence-corrected chi connectivity index (χ0v) is 15.5. The van der Waals surface area contributed by atoms with Gasteiger partial charge in [-0.3, -0.25) is 4.79 Å². The fraction of sp³-hybridized carbons (Fsp3) is 0.400. The van der Waals surface area contributed by atoms with Gasteiger partial charge < -0.3 is 9.80 Å². The molecule has 2 aromatic heterocycles. The van der Waals surface area contributed by atoms with Crippen molar-refractivity contribution in [1.82, 2.24) is 24.7 Å². The Bertz CT molecular complexity index is 1000. The SMILES string of the molecule is CC(=O)N1C[C@H]2CN(c3cc(C)nn4cnnc34)C[C@H]2[C@H]1c1ccccc1. The highest BCUT2D eigenvalue weighted by Gasteiger charge is 2.48. The fourth-order valence-electron chi connectivity index (χ4n) is 4.81. The predicted molar refractivity (Wildman–Crippen MR) is 101 cm³/mol.